The number of benzene rings is 8. The average molecular weight is 632 g/mol. The van der Waals surface area contributed by atoms with Crippen LogP contribution in [-0.2, 0) is 0 Å². The Morgan fingerprint density at radius 1 is 0.510 bits per heavy atom. The molecule has 0 atom stereocenters. The fourth-order valence-electron chi connectivity index (χ4n) is 7.28. The number of hydrogen-bond acceptors (Lipinski definition) is 2. The average Bonchev–Trinajstić information content (AvgIpc) is 3.77. The normalized spacial score (nSPS) is 13.1. The van der Waals surface area contributed by atoms with E-state index in [1.54, 1.807) is 4.90 Å². The number of anilines is 3. The molecule has 0 unspecified atom stereocenters. The summed E-state index contributed by atoms with van der Waals surface area (Å²) in [6.07, 6.45) is 0. The minimum absolute atomic E-state index is 0.0565. The van der Waals surface area contributed by atoms with Crippen molar-refractivity contribution in [1.29, 1.82) is 0 Å². The summed E-state index contributed by atoms with van der Waals surface area (Å²) in [5, 5.41) is 6.30. The van der Waals surface area contributed by atoms with Crippen LogP contribution in [0.15, 0.2) is 186 Å². The fraction of sp³-hybridized carbons (Fsp3) is 0. The molecule has 3 nitrogen and oxygen atoms in total. The number of furan rings is 1. The molecule has 0 aliphatic heterocycles. The van der Waals surface area contributed by atoms with Crippen molar-refractivity contribution in [1.82, 2.24) is 4.57 Å². The quantitative estimate of drug-likeness (QED) is 0.188. The lowest BCUT2D eigenvalue weighted by molar-refractivity contribution is 0.672. The smallest absolute Gasteiger partial charge is 0.143 e. The maximum atomic E-state index is 8.99. The zero-order valence-electron chi connectivity index (χ0n) is 31.2. The number of hydrogen-bond donors (Lipinski definition) is 0. The molecule has 0 saturated heterocycles. The summed E-state index contributed by atoms with van der Waals surface area (Å²) < 4.78 is 52.2. The van der Waals surface area contributed by atoms with E-state index in [-0.39, 0.29) is 17.8 Å². The fourth-order valence-corrected chi connectivity index (χ4v) is 7.28. The van der Waals surface area contributed by atoms with E-state index in [0.29, 0.717) is 17.0 Å². The molecule has 0 saturated carbocycles. The third-order valence-corrected chi connectivity index (χ3v) is 9.46. The maximum absolute atomic E-state index is 8.99. The molecule has 0 spiro atoms. The molecule has 0 N–H and O–H groups in total. The second-order valence-corrected chi connectivity index (χ2v) is 12.2. The molecule has 0 aliphatic carbocycles. The Balaban J connectivity index is 1.17. The number of aromatic nitrogens is 1. The lowest BCUT2D eigenvalue weighted by Gasteiger charge is -2.25. The second kappa shape index (κ2) is 11.0. The molecular weight excluding hydrogens is 597 g/mol. The van der Waals surface area contributed by atoms with Gasteiger partial charge in [0.1, 0.15) is 11.2 Å². The summed E-state index contributed by atoms with van der Waals surface area (Å²) in [7, 11) is 0. The van der Waals surface area contributed by atoms with Gasteiger partial charge in [-0.3, -0.25) is 0 Å². The lowest BCUT2D eigenvalue weighted by atomic mass is 10.0. The standard InChI is InChI=1S/C46H30N2O/c1-3-13-33(14-4-1)47(36-27-29-40-42-28-24-31-12-7-8-17-38(31)46(42)49-44(40)30-36)35-25-22-32(23-26-35)37-19-11-20-41-39-18-9-10-21-43(39)48(45(37)41)34-15-5-2-6-16-34/h1-30H/i1D,3D,4D,13D,14D. The van der Waals surface area contributed by atoms with Gasteiger partial charge in [0.05, 0.1) is 17.9 Å². The monoisotopic (exact) mass is 631 g/mol. The Morgan fingerprint density at radius 3 is 2.08 bits per heavy atom. The van der Waals surface area contributed by atoms with Crippen LogP contribution in [0.5, 0.6) is 0 Å². The summed E-state index contributed by atoms with van der Waals surface area (Å²) in [6, 6.07) is 49.3. The predicted octanol–water partition coefficient (Wildman–Crippen LogP) is 13.0. The Kier molecular flexibility index (Phi) is 5.13. The third-order valence-electron chi connectivity index (χ3n) is 9.46. The molecule has 0 amide bonds. The molecule has 3 heteroatoms. The molecule has 2 aromatic heterocycles. The van der Waals surface area contributed by atoms with Crippen LogP contribution >= 0.6 is 0 Å². The van der Waals surface area contributed by atoms with Gasteiger partial charge in [-0.1, -0.05) is 115 Å². The van der Waals surface area contributed by atoms with Gasteiger partial charge in [0.25, 0.3) is 0 Å². The summed E-state index contributed by atoms with van der Waals surface area (Å²) in [5.41, 5.74) is 7.99. The Morgan fingerprint density at radius 2 is 1.22 bits per heavy atom. The minimum atomic E-state index is -0.439. The van der Waals surface area contributed by atoms with Crippen LogP contribution < -0.4 is 4.90 Å². The van der Waals surface area contributed by atoms with Gasteiger partial charge in [0.2, 0.25) is 0 Å². The van der Waals surface area contributed by atoms with E-state index in [0.717, 1.165) is 65.7 Å². The third kappa shape index (κ3) is 4.37. The van der Waals surface area contributed by atoms with Crippen molar-refractivity contribution in [3.8, 4) is 16.8 Å². The number of rotatable bonds is 5. The van der Waals surface area contributed by atoms with Gasteiger partial charge < -0.3 is 13.9 Å². The van der Waals surface area contributed by atoms with Crippen molar-refractivity contribution in [3.63, 3.8) is 0 Å². The number of nitrogens with zero attached hydrogens (tertiary/aromatic N) is 2. The van der Waals surface area contributed by atoms with Gasteiger partial charge in [-0.05, 0) is 71.6 Å². The summed E-state index contributed by atoms with van der Waals surface area (Å²) in [6.45, 7) is 0. The highest BCUT2D eigenvalue weighted by molar-refractivity contribution is 6.16. The first-order valence-electron chi connectivity index (χ1n) is 18.8. The van der Waals surface area contributed by atoms with Crippen molar-refractivity contribution < 1.29 is 11.3 Å². The van der Waals surface area contributed by atoms with Crippen LogP contribution in [0.2, 0.25) is 0 Å². The van der Waals surface area contributed by atoms with Crippen molar-refractivity contribution in [3.05, 3.63) is 182 Å². The summed E-state index contributed by atoms with van der Waals surface area (Å²) in [4.78, 5) is 1.73. The van der Waals surface area contributed by atoms with E-state index in [2.05, 4.69) is 77.4 Å². The zero-order valence-corrected chi connectivity index (χ0v) is 26.2. The highest BCUT2D eigenvalue weighted by Gasteiger charge is 2.19. The van der Waals surface area contributed by atoms with Gasteiger partial charge in [0.15, 0.2) is 0 Å². The first-order chi connectivity index (χ1) is 26.4. The van der Waals surface area contributed by atoms with E-state index < -0.39 is 18.1 Å². The summed E-state index contributed by atoms with van der Waals surface area (Å²) in [5.74, 6) is 0. The van der Waals surface area contributed by atoms with Gasteiger partial charge in [0, 0.05) is 61.3 Å². The topological polar surface area (TPSA) is 21.3 Å². The lowest BCUT2D eigenvalue weighted by Crippen LogP contribution is -2.09. The molecule has 230 valence electrons. The highest BCUT2D eigenvalue weighted by Crippen LogP contribution is 2.42. The van der Waals surface area contributed by atoms with Crippen LogP contribution in [0.4, 0.5) is 17.1 Å². The first-order valence-corrected chi connectivity index (χ1v) is 16.3. The van der Waals surface area contributed by atoms with E-state index in [1.807, 2.05) is 78.9 Å². The Labute approximate surface area is 290 Å². The van der Waals surface area contributed by atoms with Crippen LogP contribution in [-0.4, -0.2) is 4.57 Å². The molecule has 0 fully saturated rings. The first kappa shape index (κ1) is 22.9. The molecule has 0 aliphatic rings. The summed E-state index contributed by atoms with van der Waals surface area (Å²) >= 11 is 0. The Bertz CT molecular complexity index is 3080. The van der Waals surface area contributed by atoms with E-state index >= 15 is 0 Å². The second-order valence-electron chi connectivity index (χ2n) is 12.2. The predicted molar refractivity (Wildman–Crippen MR) is 206 cm³/mol. The molecule has 2 heterocycles. The molecule has 0 bridgehead atoms. The van der Waals surface area contributed by atoms with E-state index in [9.17, 15) is 0 Å². The van der Waals surface area contributed by atoms with Crippen LogP contribution in [0.25, 0.3) is 71.3 Å². The number of fused-ring (bicyclic) bond motifs is 8. The van der Waals surface area contributed by atoms with Gasteiger partial charge >= 0.3 is 0 Å². The number of para-hydroxylation sites is 4. The zero-order chi connectivity index (χ0) is 36.7. The van der Waals surface area contributed by atoms with Crippen molar-refractivity contribution >= 4 is 71.6 Å². The van der Waals surface area contributed by atoms with Gasteiger partial charge in [-0.25, -0.2) is 0 Å². The van der Waals surface area contributed by atoms with E-state index in [1.165, 1.54) is 0 Å². The maximum Gasteiger partial charge on any atom is 0.143 e. The molecule has 49 heavy (non-hydrogen) atoms. The molecule has 10 rings (SSSR count). The molecule has 8 aromatic carbocycles. The van der Waals surface area contributed by atoms with Crippen molar-refractivity contribution in [2.75, 3.05) is 4.90 Å². The SMILES string of the molecule is [2H]c1c([2H])c([2H])c(N(c2ccc(-c3cccc4c5ccccc5n(-c5ccccc5)c34)cc2)c2ccc3c(c2)oc2c4ccccc4ccc32)c([2H])c1[2H]. The van der Waals surface area contributed by atoms with Crippen LogP contribution in [0.3, 0.4) is 0 Å². The van der Waals surface area contributed by atoms with Gasteiger partial charge in [-0.15, -0.1) is 0 Å². The largest absolute Gasteiger partial charge is 0.455 e. The highest BCUT2D eigenvalue weighted by atomic mass is 16.3. The van der Waals surface area contributed by atoms with Crippen LogP contribution in [0.1, 0.15) is 6.85 Å². The molecular formula is C46H30N2O. The van der Waals surface area contributed by atoms with E-state index in [4.69, 9.17) is 11.3 Å². The molecule has 10 aromatic rings. The van der Waals surface area contributed by atoms with Gasteiger partial charge in [-0.2, -0.15) is 0 Å². The molecule has 0 radical (unpaired) electrons. The Hall–Kier alpha value is -6.58. The van der Waals surface area contributed by atoms with Crippen molar-refractivity contribution in [2.24, 2.45) is 0 Å². The minimum Gasteiger partial charge on any atom is -0.455 e. The van der Waals surface area contributed by atoms with Crippen molar-refractivity contribution in [2.45, 2.75) is 0 Å². The van der Waals surface area contributed by atoms with Crippen LogP contribution in [0, 0.1) is 0 Å².